The molecule has 0 bridgehead atoms. The van der Waals surface area contributed by atoms with Crippen molar-refractivity contribution < 1.29 is 0 Å². The van der Waals surface area contributed by atoms with E-state index in [2.05, 4.69) is 41.3 Å². The van der Waals surface area contributed by atoms with E-state index in [9.17, 15) is 0 Å². The van der Waals surface area contributed by atoms with Crippen molar-refractivity contribution in [3.8, 4) is 0 Å². The molecule has 0 aliphatic heterocycles. The molecule has 17 heavy (non-hydrogen) atoms. The van der Waals surface area contributed by atoms with Crippen molar-refractivity contribution in [3.05, 3.63) is 48.0 Å². The van der Waals surface area contributed by atoms with Gasteiger partial charge in [0.05, 0.1) is 22.8 Å². The van der Waals surface area contributed by atoms with Crippen molar-refractivity contribution in [2.45, 2.75) is 26.7 Å². The van der Waals surface area contributed by atoms with Crippen molar-refractivity contribution >= 4 is 11.4 Å². The Balaban J connectivity index is 2.31. The van der Waals surface area contributed by atoms with E-state index in [-0.39, 0.29) is 0 Å². The van der Waals surface area contributed by atoms with Crippen LogP contribution in [0.15, 0.2) is 36.7 Å². The van der Waals surface area contributed by atoms with E-state index in [4.69, 9.17) is 0 Å². The van der Waals surface area contributed by atoms with E-state index >= 15 is 0 Å². The van der Waals surface area contributed by atoms with Gasteiger partial charge in [0.1, 0.15) is 0 Å². The Hall–Kier alpha value is -1.90. The Morgan fingerprint density at radius 3 is 1.76 bits per heavy atom. The van der Waals surface area contributed by atoms with Gasteiger partial charge in [0, 0.05) is 12.4 Å². The van der Waals surface area contributed by atoms with Gasteiger partial charge in [-0.15, -0.1) is 0 Å². The molecule has 3 nitrogen and oxygen atoms in total. The Kier molecular flexibility index (Phi) is 3.70. The number of rotatable bonds is 4. The maximum Gasteiger partial charge on any atom is 0.0635 e. The molecule has 1 N–H and O–H groups in total. The summed E-state index contributed by atoms with van der Waals surface area (Å²) in [5.74, 6) is 0. The van der Waals surface area contributed by atoms with E-state index in [0.717, 1.165) is 35.6 Å². The largest absolute Gasteiger partial charge is 0.353 e. The first-order valence-corrected chi connectivity index (χ1v) is 6.00. The number of hydrogen-bond acceptors (Lipinski definition) is 3. The van der Waals surface area contributed by atoms with Gasteiger partial charge < -0.3 is 5.32 Å². The van der Waals surface area contributed by atoms with Crippen LogP contribution in [0.3, 0.4) is 0 Å². The molecule has 0 saturated heterocycles. The Morgan fingerprint density at radius 2 is 1.35 bits per heavy atom. The van der Waals surface area contributed by atoms with Crippen LogP contribution in [-0.2, 0) is 12.8 Å². The van der Waals surface area contributed by atoms with Crippen LogP contribution in [0, 0.1) is 0 Å². The molecule has 0 aliphatic rings. The second-order valence-corrected chi connectivity index (χ2v) is 3.83. The summed E-state index contributed by atoms with van der Waals surface area (Å²) < 4.78 is 0. The number of anilines is 2. The second kappa shape index (κ2) is 5.43. The van der Waals surface area contributed by atoms with Crippen molar-refractivity contribution in [1.82, 2.24) is 9.97 Å². The van der Waals surface area contributed by atoms with Crippen LogP contribution in [0.25, 0.3) is 0 Å². The third kappa shape index (κ3) is 2.61. The molecule has 0 atom stereocenters. The van der Waals surface area contributed by atoms with Gasteiger partial charge in [0.15, 0.2) is 0 Å². The fourth-order valence-corrected chi connectivity index (χ4v) is 1.81. The molecule has 3 heteroatoms. The highest BCUT2D eigenvalue weighted by atomic mass is 14.9. The minimum atomic E-state index is 0.922. The fraction of sp³-hybridized carbons (Fsp3) is 0.286. The van der Waals surface area contributed by atoms with Gasteiger partial charge in [-0.25, -0.2) is 0 Å². The highest BCUT2D eigenvalue weighted by Gasteiger charge is 2.04. The van der Waals surface area contributed by atoms with Crippen molar-refractivity contribution in [2.75, 3.05) is 5.32 Å². The minimum Gasteiger partial charge on any atom is -0.353 e. The first kappa shape index (κ1) is 11.6. The quantitative estimate of drug-likeness (QED) is 0.870. The van der Waals surface area contributed by atoms with Crippen LogP contribution in [-0.4, -0.2) is 9.97 Å². The summed E-state index contributed by atoms with van der Waals surface area (Å²) in [6.45, 7) is 4.22. The van der Waals surface area contributed by atoms with Crippen molar-refractivity contribution in [2.24, 2.45) is 0 Å². The zero-order valence-electron chi connectivity index (χ0n) is 10.3. The normalized spacial score (nSPS) is 10.2. The highest BCUT2D eigenvalue weighted by molar-refractivity contribution is 5.63. The van der Waals surface area contributed by atoms with Crippen LogP contribution in [0.2, 0.25) is 0 Å². The van der Waals surface area contributed by atoms with Crippen LogP contribution < -0.4 is 5.32 Å². The number of aryl methyl sites for hydroxylation is 2. The maximum atomic E-state index is 4.37. The zero-order valence-corrected chi connectivity index (χ0v) is 10.3. The van der Waals surface area contributed by atoms with Crippen LogP contribution in [0.1, 0.15) is 25.2 Å². The predicted molar refractivity (Wildman–Crippen MR) is 70.5 cm³/mol. The molecule has 0 radical (unpaired) electrons. The molecule has 0 spiro atoms. The van der Waals surface area contributed by atoms with E-state index in [1.54, 1.807) is 0 Å². The fourth-order valence-electron chi connectivity index (χ4n) is 1.81. The molecule has 2 aromatic heterocycles. The van der Waals surface area contributed by atoms with Gasteiger partial charge in [-0.2, -0.15) is 0 Å². The lowest BCUT2D eigenvalue weighted by molar-refractivity contribution is 1.02. The Bertz CT molecular complexity index is 449. The molecule has 2 rings (SSSR count). The SMILES string of the molecule is CCc1ncccc1Nc1cccnc1CC. The zero-order chi connectivity index (χ0) is 12.1. The molecule has 88 valence electrons. The summed E-state index contributed by atoms with van der Waals surface area (Å²) in [4.78, 5) is 8.73. The molecular formula is C14H17N3. The van der Waals surface area contributed by atoms with E-state index in [1.807, 2.05) is 24.5 Å². The first-order chi connectivity index (χ1) is 8.35. The third-order valence-corrected chi connectivity index (χ3v) is 2.72. The lowest BCUT2D eigenvalue weighted by Gasteiger charge is -2.12. The summed E-state index contributed by atoms with van der Waals surface area (Å²) in [5, 5.41) is 3.42. The standard InChI is InChI=1S/C14H17N3/c1-3-11-13(7-5-9-15-11)17-14-8-6-10-16-12(14)4-2/h5-10,17H,3-4H2,1-2H3. The Labute approximate surface area is 102 Å². The lowest BCUT2D eigenvalue weighted by atomic mass is 10.2. The predicted octanol–water partition coefficient (Wildman–Crippen LogP) is 3.35. The molecule has 2 aromatic rings. The lowest BCUT2D eigenvalue weighted by Crippen LogP contribution is -2.01. The number of aromatic nitrogens is 2. The van der Waals surface area contributed by atoms with Crippen LogP contribution in [0.4, 0.5) is 11.4 Å². The van der Waals surface area contributed by atoms with Gasteiger partial charge in [-0.05, 0) is 37.1 Å². The molecule has 0 fully saturated rings. The van der Waals surface area contributed by atoms with Crippen molar-refractivity contribution in [3.63, 3.8) is 0 Å². The highest BCUT2D eigenvalue weighted by Crippen LogP contribution is 2.21. The number of nitrogens with one attached hydrogen (secondary N) is 1. The minimum absolute atomic E-state index is 0.922. The van der Waals surface area contributed by atoms with Gasteiger partial charge in [0.25, 0.3) is 0 Å². The van der Waals surface area contributed by atoms with Gasteiger partial charge >= 0.3 is 0 Å². The van der Waals surface area contributed by atoms with Gasteiger partial charge in [-0.3, -0.25) is 9.97 Å². The molecule has 0 unspecified atom stereocenters. The number of hydrogen-bond donors (Lipinski definition) is 1. The van der Waals surface area contributed by atoms with Gasteiger partial charge in [0.2, 0.25) is 0 Å². The molecule has 0 aliphatic carbocycles. The van der Waals surface area contributed by atoms with E-state index in [0.29, 0.717) is 0 Å². The molecular weight excluding hydrogens is 210 g/mol. The summed E-state index contributed by atoms with van der Waals surface area (Å²) >= 11 is 0. The second-order valence-electron chi connectivity index (χ2n) is 3.83. The van der Waals surface area contributed by atoms with Crippen LogP contribution in [0.5, 0.6) is 0 Å². The van der Waals surface area contributed by atoms with Gasteiger partial charge in [-0.1, -0.05) is 13.8 Å². The Morgan fingerprint density at radius 1 is 0.882 bits per heavy atom. The summed E-state index contributed by atoms with van der Waals surface area (Å²) in [7, 11) is 0. The van der Waals surface area contributed by atoms with E-state index in [1.165, 1.54) is 0 Å². The monoisotopic (exact) mass is 227 g/mol. The maximum absolute atomic E-state index is 4.37. The smallest absolute Gasteiger partial charge is 0.0635 e. The average molecular weight is 227 g/mol. The average Bonchev–Trinajstić information content (AvgIpc) is 2.40. The topological polar surface area (TPSA) is 37.8 Å². The first-order valence-electron chi connectivity index (χ1n) is 6.00. The summed E-state index contributed by atoms with van der Waals surface area (Å²) in [6, 6.07) is 8.00. The van der Waals surface area contributed by atoms with E-state index < -0.39 is 0 Å². The van der Waals surface area contributed by atoms with Crippen LogP contribution >= 0.6 is 0 Å². The van der Waals surface area contributed by atoms with Crippen molar-refractivity contribution in [1.29, 1.82) is 0 Å². The summed E-state index contributed by atoms with van der Waals surface area (Å²) in [6.07, 6.45) is 5.50. The molecule has 2 heterocycles. The number of pyridine rings is 2. The molecule has 0 aromatic carbocycles. The molecule has 0 saturated carbocycles. The number of nitrogens with zero attached hydrogens (tertiary/aromatic N) is 2. The third-order valence-electron chi connectivity index (χ3n) is 2.72. The summed E-state index contributed by atoms with van der Waals surface area (Å²) in [5.41, 5.74) is 4.30. The molecule has 0 amide bonds.